The van der Waals surface area contributed by atoms with Crippen LogP contribution in [0, 0.1) is 17.2 Å². The van der Waals surface area contributed by atoms with Crippen LogP contribution in [0.15, 0.2) is 11.8 Å². The van der Waals surface area contributed by atoms with E-state index in [0.29, 0.717) is 26.2 Å². The Labute approximate surface area is 149 Å². The number of hydrogen-bond donors (Lipinski definition) is 0. The number of nitriles is 1. The first-order chi connectivity index (χ1) is 11.8. The maximum absolute atomic E-state index is 12.7. The van der Waals surface area contributed by atoms with E-state index < -0.39 is 5.60 Å². The molecule has 0 aromatic heterocycles. The van der Waals surface area contributed by atoms with Gasteiger partial charge in [-0.1, -0.05) is 0 Å². The van der Waals surface area contributed by atoms with E-state index in [1.165, 1.54) is 6.26 Å². The summed E-state index contributed by atoms with van der Waals surface area (Å²) in [4.78, 5) is 28.4. The second kappa shape index (κ2) is 7.77. The molecule has 25 heavy (non-hydrogen) atoms. The van der Waals surface area contributed by atoms with Crippen molar-refractivity contribution in [3.05, 3.63) is 11.8 Å². The molecule has 0 radical (unpaired) electrons. The Morgan fingerprint density at radius 2 is 2.04 bits per heavy atom. The summed E-state index contributed by atoms with van der Waals surface area (Å²) in [6.07, 6.45) is 2.71. The number of likely N-dealkylation sites (tertiary alicyclic amines) is 2. The molecule has 0 aromatic rings. The fraction of sp³-hybridized carbons (Fsp3) is 0.722. The smallest absolute Gasteiger partial charge is 0.410 e. The lowest BCUT2D eigenvalue weighted by Gasteiger charge is -2.36. The molecule has 0 aromatic carbocycles. The van der Waals surface area contributed by atoms with Crippen LogP contribution in [0.3, 0.4) is 0 Å². The largest absolute Gasteiger partial charge is 0.500 e. The minimum absolute atomic E-state index is 0.00165. The van der Waals surface area contributed by atoms with Crippen molar-refractivity contribution >= 4 is 12.0 Å². The lowest BCUT2D eigenvalue weighted by molar-refractivity contribution is -0.131. The molecule has 2 heterocycles. The van der Waals surface area contributed by atoms with Crippen LogP contribution in [-0.2, 0) is 14.3 Å². The van der Waals surface area contributed by atoms with Crippen molar-refractivity contribution in [3.63, 3.8) is 0 Å². The quantitative estimate of drug-likeness (QED) is 0.443. The maximum Gasteiger partial charge on any atom is 0.410 e. The van der Waals surface area contributed by atoms with Gasteiger partial charge in [-0.15, -0.1) is 0 Å². The van der Waals surface area contributed by atoms with Gasteiger partial charge < -0.3 is 19.3 Å². The second-order valence-electron chi connectivity index (χ2n) is 7.45. The SMILES string of the molecule is CCO/C=C(\C#N)C(=O)N1CCC[C@H]2CN(C(=O)OC(C)(C)C)C[C@H]21. The van der Waals surface area contributed by atoms with Crippen molar-refractivity contribution < 1.29 is 19.1 Å². The highest BCUT2D eigenvalue weighted by molar-refractivity contribution is 5.97. The number of fused-ring (bicyclic) bond motifs is 1. The Kier molecular flexibility index (Phi) is 5.93. The van der Waals surface area contributed by atoms with Gasteiger partial charge in [-0.25, -0.2) is 4.79 Å². The van der Waals surface area contributed by atoms with E-state index in [2.05, 4.69) is 0 Å². The van der Waals surface area contributed by atoms with Gasteiger partial charge in [0.25, 0.3) is 5.91 Å². The van der Waals surface area contributed by atoms with E-state index in [1.54, 1.807) is 16.7 Å². The van der Waals surface area contributed by atoms with E-state index in [1.807, 2.05) is 26.8 Å². The van der Waals surface area contributed by atoms with Crippen LogP contribution in [0.1, 0.15) is 40.5 Å². The molecule has 0 bridgehead atoms. The number of carbonyl (C=O) groups is 2. The molecule has 0 spiro atoms. The highest BCUT2D eigenvalue weighted by atomic mass is 16.6. The first-order valence-corrected chi connectivity index (χ1v) is 8.77. The minimum Gasteiger partial charge on any atom is -0.500 e. The summed E-state index contributed by atoms with van der Waals surface area (Å²) >= 11 is 0. The summed E-state index contributed by atoms with van der Waals surface area (Å²) in [5, 5.41) is 9.23. The minimum atomic E-state index is -0.547. The molecule has 7 nitrogen and oxygen atoms in total. The second-order valence-corrected chi connectivity index (χ2v) is 7.45. The molecule has 0 N–H and O–H groups in total. The Balaban J connectivity index is 2.10. The van der Waals surface area contributed by atoms with Gasteiger partial charge in [0.2, 0.25) is 0 Å². The number of piperidine rings is 1. The van der Waals surface area contributed by atoms with Crippen LogP contribution >= 0.6 is 0 Å². The summed E-state index contributed by atoms with van der Waals surface area (Å²) in [6.45, 7) is 9.32. The first kappa shape index (κ1) is 19.1. The lowest BCUT2D eigenvalue weighted by Crippen LogP contribution is -2.49. The normalized spacial score (nSPS) is 23.7. The number of nitrogens with zero attached hydrogens (tertiary/aromatic N) is 3. The van der Waals surface area contributed by atoms with Crippen molar-refractivity contribution in [2.45, 2.75) is 52.2 Å². The standard InChI is InChI=1S/C18H27N3O4/c1-5-24-12-14(9-19)16(22)21-8-6-7-13-10-20(11-15(13)21)17(23)25-18(2,3)4/h12-13,15H,5-8,10-11H2,1-4H3/b14-12+/t13-,15+/m0/s1. The van der Waals surface area contributed by atoms with Crippen molar-refractivity contribution in [2.75, 3.05) is 26.2 Å². The Morgan fingerprint density at radius 1 is 1.32 bits per heavy atom. The van der Waals surface area contributed by atoms with Crippen molar-refractivity contribution in [1.29, 1.82) is 5.26 Å². The predicted molar refractivity (Wildman–Crippen MR) is 91.4 cm³/mol. The van der Waals surface area contributed by atoms with Gasteiger partial charge in [0, 0.05) is 19.6 Å². The third kappa shape index (κ3) is 4.65. The first-order valence-electron chi connectivity index (χ1n) is 8.77. The third-order valence-corrected chi connectivity index (χ3v) is 4.41. The Hall–Kier alpha value is -2.23. The average molecular weight is 349 g/mol. The zero-order chi connectivity index (χ0) is 18.6. The van der Waals surface area contributed by atoms with E-state index in [9.17, 15) is 14.9 Å². The molecular formula is C18H27N3O4. The summed E-state index contributed by atoms with van der Waals surface area (Å²) in [6, 6.07) is 1.84. The molecule has 2 aliphatic rings. The molecule has 0 unspecified atom stereocenters. The molecule has 7 heteroatoms. The molecule has 2 atom stereocenters. The van der Waals surface area contributed by atoms with Gasteiger partial charge >= 0.3 is 6.09 Å². The van der Waals surface area contributed by atoms with Gasteiger partial charge in [0.05, 0.1) is 12.6 Å². The molecule has 2 aliphatic heterocycles. The van der Waals surface area contributed by atoms with Gasteiger partial charge in [-0.3, -0.25) is 4.79 Å². The topological polar surface area (TPSA) is 82.9 Å². The fourth-order valence-corrected chi connectivity index (χ4v) is 3.35. The lowest BCUT2D eigenvalue weighted by atomic mass is 9.91. The number of carbonyl (C=O) groups excluding carboxylic acids is 2. The number of ether oxygens (including phenoxy) is 2. The fourth-order valence-electron chi connectivity index (χ4n) is 3.35. The zero-order valence-corrected chi connectivity index (χ0v) is 15.4. The summed E-state index contributed by atoms with van der Waals surface area (Å²) in [5.74, 6) is -0.103. The monoisotopic (exact) mass is 349 g/mol. The summed E-state index contributed by atoms with van der Waals surface area (Å²) < 4.78 is 10.6. The molecule has 0 saturated carbocycles. The summed E-state index contributed by atoms with van der Waals surface area (Å²) in [5.41, 5.74) is -0.549. The van der Waals surface area contributed by atoms with Crippen LogP contribution in [0.25, 0.3) is 0 Å². The maximum atomic E-state index is 12.7. The van der Waals surface area contributed by atoms with Crippen LogP contribution in [0.4, 0.5) is 4.79 Å². The molecule has 2 saturated heterocycles. The van der Waals surface area contributed by atoms with E-state index in [0.717, 1.165) is 12.8 Å². The number of rotatable bonds is 3. The Morgan fingerprint density at radius 3 is 2.64 bits per heavy atom. The number of amides is 2. The molecular weight excluding hydrogens is 322 g/mol. The zero-order valence-electron chi connectivity index (χ0n) is 15.4. The molecule has 2 fully saturated rings. The molecule has 0 aliphatic carbocycles. The average Bonchev–Trinajstić information content (AvgIpc) is 2.98. The highest BCUT2D eigenvalue weighted by Gasteiger charge is 2.44. The molecule has 138 valence electrons. The molecule has 2 rings (SSSR count). The van der Waals surface area contributed by atoms with Crippen LogP contribution in [-0.4, -0.2) is 59.7 Å². The van der Waals surface area contributed by atoms with Crippen LogP contribution < -0.4 is 0 Å². The molecule has 2 amide bonds. The van der Waals surface area contributed by atoms with E-state index in [4.69, 9.17) is 9.47 Å². The van der Waals surface area contributed by atoms with Crippen molar-refractivity contribution in [3.8, 4) is 6.07 Å². The van der Waals surface area contributed by atoms with Crippen molar-refractivity contribution in [2.24, 2.45) is 5.92 Å². The van der Waals surface area contributed by atoms with Crippen molar-refractivity contribution in [1.82, 2.24) is 9.80 Å². The predicted octanol–water partition coefficient (Wildman–Crippen LogP) is 2.29. The highest BCUT2D eigenvalue weighted by Crippen LogP contribution is 2.32. The third-order valence-electron chi connectivity index (χ3n) is 4.41. The van der Waals surface area contributed by atoms with Crippen LogP contribution in [0.5, 0.6) is 0 Å². The Bertz CT molecular complexity index is 588. The summed E-state index contributed by atoms with van der Waals surface area (Å²) in [7, 11) is 0. The number of hydrogen-bond acceptors (Lipinski definition) is 5. The van der Waals surface area contributed by atoms with Gasteiger partial charge in [-0.05, 0) is 46.5 Å². The van der Waals surface area contributed by atoms with E-state index >= 15 is 0 Å². The van der Waals surface area contributed by atoms with E-state index in [-0.39, 0.29) is 29.5 Å². The van der Waals surface area contributed by atoms with Gasteiger partial charge in [0.15, 0.2) is 5.57 Å². The van der Waals surface area contributed by atoms with Crippen LogP contribution in [0.2, 0.25) is 0 Å². The van der Waals surface area contributed by atoms with Gasteiger partial charge in [0.1, 0.15) is 17.9 Å². The van der Waals surface area contributed by atoms with Gasteiger partial charge in [-0.2, -0.15) is 5.26 Å².